The molecule has 15 nitrogen and oxygen atoms in total. The van der Waals surface area contributed by atoms with Crippen LogP contribution in [-0.4, -0.2) is 123 Å². The monoisotopic (exact) mass is 436 g/mol. The summed E-state index contributed by atoms with van der Waals surface area (Å²) in [4.78, 5) is 0. The van der Waals surface area contributed by atoms with Gasteiger partial charge in [-0.3, -0.25) is 4.74 Å². The molecule has 9 atom stereocenters. The third-order valence-electron chi connectivity index (χ3n) is 4.68. The molecule has 3 rings (SSSR count). The maximum absolute atomic E-state index is 11.8. The van der Waals surface area contributed by atoms with Crippen molar-refractivity contribution in [3.05, 3.63) is 0 Å². The highest BCUT2D eigenvalue weighted by Crippen LogP contribution is 2.51. The first-order valence-corrected chi connectivity index (χ1v) is 9.23. The summed E-state index contributed by atoms with van der Waals surface area (Å²) in [5.41, 5.74) is 0. The first-order valence-electron chi connectivity index (χ1n) is 7.90. The van der Waals surface area contributed by atoms with E-state index < -0.39 is 84.4 Å². The summed E-state index contributed by atoms with van der Waals surface area (Å²) in [6.07, 6.45) is -11.9. The van der Waals surface area contributed by atoms with E-state index in [9.17, 15) is 49.3 Å². The van der Waals surface area contributed by atoms with Crippen LogP contribution in [0.1, 0.15) is 0 Å². The fraction of sp³-hybridized carbons (Fsp3) is 1.00. The van der Waals surface area contributed by atoms with Crippen molar-refractivity contribution in [2.45, 2.75) is 54.2 Å². The summed E-state index contributed by atoms with van der Waals surface area (Å²) in [6.45, 7) is -3.19. The summed E-state index contributed by atoms with van der Waals surface area (Å²) >= 11 is 0. The van der Waals surface area contributed by atoms with Gasteiger partial charge in [0.05, 0.1) is 13.2 Å². The van der Waals surface area contributed by atoms with E-state index in [0.29, 0.717) is 0 Å². The van der Waals surface area contributed by atoms with Crippen molar-refractivity contribution in [1.82, 2.24) is 0 Å². The predicted octanol–water partition coefficient (Wildman–Crippen LogP) is -6.45. The van der Waals surface area contributed by atoms with Gasteiger partial charge in [-0.25, -0.2) is 4.18 Å². The largest absolute Gasteiger partial charge is 0.407 e. The normalized spacial score (nSPS) is 53.3. The predicted molar refractivity (Wildman–Crippen MR) is 77.6 cm³/mol. The zero-order valence-electron chi connectivity index (χ0n) is 13.9. The number of ether oxygens (including phenoxy) is 3. The highest BCUT2D eigenvalue weighted by Gasteiger charge is 2.79. The molecular weight excluding hydrogens is 416 g/mol. The van der Waals surface area contributed by atoms with Crippen molar-refractivity contribution in [1.29, 1.82) is 0 Å². The van der Waals surface area contributed by atoms with E-state index in [1.807, 2.05) is 0 Å². The van der Waals surface area contributed by atoms with Crippen molar-refractivity contribution in [2.75, 3.05) is 19.8 Å². The highest BCUT2D eigenvalue weighted by atomic mass is 32.3. The molecule has 28 heavy (non-hydrogen) atoms. The van der Waals surface area contributed by atoms with E-state index in [1.54, 1.807) is 0 Å². The number of aliphatic hydroxyl groups excluding tert-OH is 7. The van der Waals surface area contributed by atoms with Crippen molar-refractivity contribution in [3.8, 4) is 0 Å². The molecule has 0 spiro atoms. The molecule has 3 saturated heterocycles. The topological polar surface area (TPSA) is 242 Å². The Morgan fingerprint density at radius 3 is 1.89 bits per heavy atom. The van der Waals surface area contributed by atoms with Crippen LogP contribution >= 0.6 is 0 Å². The van der Waals surface area contributed by atoms with Gasteiger partial charge in [0.15, 0.2) is 0 Å². The molecule has 0 aromatic rings. The molecule has 16 heteroatoms. The van der Waals surface area contributed by atoms with Crippen LogP contribution in [-0.2, 0) is 33.0 Å². The van der Waals surface area contributed by atoms with Crippen LogP contribution in [0.25, 0.3) is 0 Å². The van der Waals surface area contributed by atoms with Gasteiger partial charge in [-0.1, -0.05) is 0 Å². The molecule has 3 aliphatic heterocycles. The summed E-state index contributed by atoms with van der Waals surface area (Å²) in [7, 11) is -5.14. The molecule has 3 fully saturated rings. The summed E-state index contributed by atoms with van der Waals surface area (Å²) < 4.78 is 47.6. The Balaban J connectivity index is 2.08. The van der Waals surface area contributed by atoms with Gasteiger partial charge in [-0.05, 0) is 0 Å². The van der Waals surface area contributed by atoms with E-state index in [-0.39, 0.29) is 0 Å². The van der Waals surface area contributed by atoms with Crippen molar-refractivity contribution >= 4 is 10.4 Å². The molecule has 0 aliphatic carbocycles. The first kappa shape index (κ1) is 22.1. The molecule has 0 aromatic carbocycles. The standard InChI is InChI=1S/C12H20O15S/c13-1-4-6(16)8(18)10(3-15,23-4)25-12-11(20,26-28(21,22)27-12)9(19)7(17)5(2-14)24-12/h4-9,13-20H,1-3H2/t4-,5-,6-,7-,8+,9+,10?,11+,12-/m1/s1. The molecule has 8 N–H and O–H groups in total. The van der Waals surface area contributed by atoms with Crippen LogP contribution in [0.15, 0.2) is 0 Å². The second-order valence-corrected chi connectivity index (χ2v) is 7.60. The van der Waals surface area contributed by atoms with E-state index in [1.165, 1.54) is 0 Å². The zero-order valence-corrected chi connectivity index (χ0v) is 14.7. The van der Waals surface area contributed by atoms with E-state index in [0.717, 1.165) is 0 Å². The summed E-state index contributed by atoms with van der Waals surface area (Å²) in [6, 6.07) is 0. The Morgan fingerprint density at radius 2 is 1.39 bits per heavy atom. The van der Waals surface area contributed by atoms with Gasteiger partial charge in [0, 0.05) is 0 Å². The molecule has 0 bridgehead atoms. The molecule has 0 amide bonds. The fourth-order valence-corrected chi connectivity index (χ4v) is 4.20. The Labute approximate surface area is 157 Å². The lowest BCUT2D eigenvalue weighted by Crippen LogP contribution is -2.75. The molecule has 3 heterocycles. The minimum atomic E-state index is -5.14. The van der Waals surface area contributed by atoms with Crippen molar-refractivity contribution in [3.63, 3.8) is 0 Å². The lowest BCUT2D eigenvalue weighted by Gasteiger charge is -2.49. The molecule has 0 radical (unpaired) electrons. The van der Waals surface area contributed by atoms with Crippen molar-refractivity contribution in [2.24, 2.45) is 0 Å². The van der Waals surface area contributed by atoms with Gasteiger partial charge in [-0.15, -0.1) is 0 Å². The minimum Gasteiger partial charge on any atom is -0.394 e. The Morgan fingerprint density at radius 1 is 0.857 bits per heavy atom. The third-order valence-corrected chi connectivity index (χ3v) is 5.57. The average Bonchev–Trinajstić information content (AvgIpc) is 3.00. The van der Waals surface area contributed by atoms with Gasteiger partial charge in [0.2, 0.25) is 5.79 Å². The maximum Gasteiger partial charge on any atom is 0.407 e. The number of hydrogen-bond donors (Lipinski definition) is 8. The van der Waals surface area contributed by atoms with Crippen LogP contribution in [0.4, 0.5) is 0 Å². The SMILES string of the molecule is O=S1(=O)O[C@@]2(OC3(CO)O[C@H](CO)[C@@H](O)[C@@H]3O)O[C@H](CO)[C@@H](O)[C@H](O)[C@]2(O)O1. The molecule has 3 aliphatic rings. The second kappa shape index (κ2) is 7.00. The quantitative estimate of drug-likeness (QED) is 0.200. The van der Waals surface area contributed by atoms with Crippen LogP contribution in [0.3, 0.4) is 0 Å². The van der Waals surface area contributed by atoms with Crippen molar-refractivity contribution < 1.29 is 71.8 Å². The molecular formula is C12H20O15S. The minimum absolute atomic E-state index is 0.863. The molecule has 0 saturated carbocycles. The van der Waals surface area contributed by atoms with E-state index >= 15 is 0 Å². The van der Waals surface area contributed by atoms with Gasteiger partial charge in [-0.2, -0.15) is 12.6 Å². The second-order valence-electron chi connectivity index (χ2n) is 6.45. The van der Waals surface area contributed by atoms with Crippen LogP contribution in [0.2, 0.25) is 0 Å². The third kappa shape index (κ3) is 2.97. The Hall–Kier alpha value is -0.570. The summed E-state index contributed by atoms with van der Waals surface area (Å²) in [5, 5.41) is 78.9. The number of hydrogen-bond acceptors (Lipinski definition) is 15. The molecule has 164 valence electrons. The van der Waals surface area contributed by atoms with Crippen LogP contribution in [0.5, 0.6) is 0 Å². The molecule has 1 unspecified atom stereocenters. The van der Waals surface area contributed by atoms with E-state index in [2.05, 4.69) is 8.37 Å². The van der Waals surface area contributed by atoms with Gasteiger partial charge < -0.3 is 50.3 Å². The van der Waals surface area contributed by atoms with Crippen LogP contribution in [0, 0.1) is 0 Å². The number of fused-ring (bicyclic) bond motifs is 1. The first-order chi connectivity index (χ1) is 12.9. The molecule has 0 aromatic heterocycles. The lowest BCUT2D eigenvalue weighted by molar-refractivity contribution is -0.526. The van der Waals surface area contributed by atoms with E-state index in [4.69, 9.17) is 14.2 Å². The lowest BCUT2D eigenvalue weighted by atomic mass is 9.94. The average molecular weight is 436 g/mol. The fourth-order valence-electron chi connectivity index (χ4n) is 3.19. The van der Waals surface area contributed by atoms with Crippen LogP contribution < -0.4 is 0 Å². The summed E-state index contributed by atoms with van der Waals surface area (Å²) in [5.74, 6) is -9.62. The van der Waals surface area contributed by atoms with Gasteiger partial charge in [0.25, 0.3) is 5.79 Å². The Bertz CT molecular complexity index is 701. The number of rotatable bonds is 5. The zero-order chi connectivity index (χ0) is 21.1. The smallest absolute Gasteiger partial charge is 0.394 e. The maximum atomic E-state index is 11.8. The number of aliphatic hydroxyl groups is 8. The highest BCUT2D eigenvalue weighted by molar-refractivity contribution is 7.82. The Kier molecular flexibility index (Phi) is 5.53. The van der Waals surface area contributed by atoms with Gasteiger partial charge in [0.1, 0.15) is 43.2 Å². The van der Waals surface area contributed by atoms with Gasteiger partial charge >= 0.3 is 16.4 Å².